The minimum Gasteiger partial charge on any atom is -0.469 e. The molecule has 104 valence electrons. The van der Waals surface area contributed by atoms with Crippen molar-refractivity contribution in [3.63, 3.8) is 0 Å². The van der Waals surface area contributed by atoms with Crippen molar-refractivity contribution < 1.29 is 19.0 Å². The van der Waals surface area contributed by atoms with E-state index in [-0.39, 0.29) is 18.5 Å². The second-order valence-corrected chi connectivity index (χ2v) is 5.21. The Morgan fingerprint density at radius 1 is 1.58 bits per heavy atom. The molecule has 0 N–H and O–H groups in total. The van der Waals surface area contributed by atoms with E-state index in [0.29, 0.717) is 18.1 Å². The van der Waals surface area contributed by atoms with Crippen LogP contribution in [0.15, 0.2) is 24.3 Å². The molecule has 0 amide bonds. The summed E-state index contributed by atoms with van der Waals surface area (Å²) in [5.74, 6) is -1.01. The molecule has 19 heavy (non-hydrogen) atoms. The van der Waals surface area contributed by atoms with E-state index < -0.39 is 5.79 Å². The molecule has 2 atom stereocenters. The van der Waals surface area contributed by atoms with Crippen LogP contribution in [0.3, 0.4) is 0 Å². The molecule has 1 aromatic carbocycles. The number of halogens is 1. The molecule has 0 aromatic heterocycles. The van der Waals surface area contributed by atoms with Crippen molar-refractivity contribution in [3.8, 4) is 0 Å². The molecule has 0 bridgehead atoms. The summed E-state index contributed by atoms with van der Waals surface area (Å²) >= 11 is 5.95. The fourth-order valence-electron chi connectivity index (χ4n) is 2.17. The van der Waals surface area contributed by atoms with Gasteiger partial charge in [0.1, 0.15) is 0 Å². The molecule has 1 aliphatic heterocycles. The number of benzene rings is 1. The highest BCUT2D eigenvalue weighted by molar-refractivity contribution is 6.30. The van der Waals surface area contributed by atoms with Gasteiger partial charge in [-0.05, 0) is 24.6 Å². The number of hydrogen-bond acceptors (Lipinski definition) is 4. The molecule has 0 spiro atoms. The van der Waals surface area contributed by atoms with Gasteiger partial charge in [0.2, 0.25) is 0 Å². The molecule has 0 saturated carbocycles. The van der Waals surface area contributed by atoms with Gasteiger partial charge in [-0.25, -0.2) is 0 Å². The van der Waals surface area contributed by atoms with Crippen molar-refractivity contribution in [3.05, 3.63) is 34.9 Å². The third-order valence-corrected chi connectivity index (χ3v) is 3.26. The van der Waals surface area contributed by atoms with Crippen molar-refractivity contribution in [2.45, 2.75) is 31.7 Å². The van der Waals surface area contributed by atoms with Crippen LogP contribution in [0, 0.1) is 0 Å². The summed E-state index contributed by atoms with van der Waals surface area (Å²) in [6.07, 6.45) is 0.545. The van der Waals surface area contributed by atoms with E-state index in [9.17, 15) is 4.79 Å². The number of rotatable bonds is 4. The maximum atomic E-state index is 11.2. The first kappa shape index (κ1) is 14.3. The number of methoxy groups -OCH3 is 1. The third-order valence-electron chi connectivity index (χ3n) is 3.03. The lowest BCUT2D eigenvalue weighted by atomic mass is 10.1. The Morgan fingerprint density at radius 3 is 3.05 bits per heavy atom. The lowest BCUT2D eigenvalue weighted by Crippen LogP contribution is -2.30. The summed E-state index contributed by atoms with van der Waals surface area (Å²) in [5, 5.41) is 0.685. The topological polar surface area (TPSA) is 44.8 Å². The molecule has 0 aliphatic carbocycles. The lowest BCUT2D eigenvalue weighted by Gasteiger charge is -2.23. The summed E-state index contributed by atoms with van der Waals surface area (Å²) in [6, 6.07) is 7.57. The molecule has 2 rings (SSSR count). The Morgan fingerprint density at radius 2 is 2.37 bits per heavy atom. The van der Waals surface area contributed by atoms with Gasteiger partial charge in [0, 0.05) is 11.4 Å². The van der Waals surface area contributed by atoms with Crippen LogP contribution in [0.4, 0.5) is 0 Å². The van der Waals surface area contributed by atoms with Gasteiger partial charge in [-0.2, -0.15) is 0 Å². The number of carbonyl (C=O) groups is 1. The summed E-state index contributed by atoms with van der Waals surface area (Å²) in [4.78, 5) is 11.2. The van der Waals surface area contributed by atoms with E-state index in [1.165, 1.54) is 7.11 Å². The van der Waals surface area contributed by atoms with Crippen LogP contribution in [0.1, 0.15) is 18.9 Å². The predicted molar refractivity (Wildman–Crippen MR) is 71.0 cm³/mol. The molecule has 1 heterocycles. The van der Waals surface area contributed by atoms with Crippen LogP contribution >= 0.6 is 11.6 Å². The van der Waals surface area contributed by atoms with Gasteiger partial charge in [0.25, 0.3) is 0 Å². The molecule has 5 heteroatoms. The SMILES string of the molecule is COC(=O)CC1COC(C)(Cc2cccc(Cl)c2)O1. The predicted octanol–water partition coefficient (Wildman–Crippen LogP) is 2.58. The normalized spacial score (nSPS) is 26.4. The smallest absolute Gasteiger partial charge is 0.308 e. The van der Waals surface area contributed by atoms with Crippen LogP contribution in [0.5, 0.6) is 0 Å². The average Bonchev–Trinajstić information content (AvgIpc) is 2.70. The van der Waals surface area contributed by atoms with Crippen molar-refractivity contribution in [2.24, 2.45) is 0 Å². The number of hydrogen-bond donors (Lipinski definition) is 0. The van der Waals surface area contributed by atoms with Gasteiger partial charge in [-0.1, -0.05) is 23.7 Å². The quantitative estimate of drug-likeness (QED) is 0.797. The molecule has 1 aliphatic rings. The fraction of sp³-hybridized carbons (Fsp3) is 0.500. The van der Waals surface area contributed by atoms with Gasteiger partial charge >= 0.3 is 5.97 Å². The van der Waals surface area contributed by atoms with Crippen molar-refractivity contribution in [1.82, 2.24) is 0 Å². The monoisotopic (exact) mass is 284 g/mol. The minimum atomic E-state index is -0.719. The highest BCUT2D eigenvalue weighted by atomic mass is 35.5. The first-order valence-electron chi connectivity index (χ1n) is 6.14. The molecule has 2 unspecified atom stereocenters. The summed E-state index contributed by atoms with van der Waals surface area (Å²) in [5.41, 5.74) is 1.04. The van der Waals surface area contributed by atoms with Gasteiger partial charge in [-0.3, -0.25) is 4.79 Å². The van der Waals surface area contributed by atoms with Gasteiger partial charge in [-0.15, -0.1) is 0 Å². The van der Waals surface area contributed by atoms with E-state index in [4.69, 9.17) is 21.1 Å². The molecule has 1 aromatic rings. The molecule has 4 nitrogen and oxygen atoms in total. The van der Waals surface area contributed by atoms with Crippen molar-refractivity contribution in [2.75, 3.05) is 13.7 Å². The standard InChI is InChI=1S/C14H17ClO4/c1-14(8-10-4-3-5-11(15)6-10)18-9-12(19-14)7-13(16)17-2/h3-6,12H,7-9H2,1-2H3. The largest absolute Gasteiger partial charge is 0.469 e. The van der Waals surface area contributed by atoms with Gasteiger partial charge in [0.15, 0.2) is 5.79 Å². The zero-order valence-corrected chi connectivity index (χ0v) is 11.8. The Bertz CT molecular complexity index is 463. The van der Waals surface area contributed by atoms with Crippen LogP contribution in [-0.4, -0.2) is 31.6 Å². The number of ether oxygens (including phenoxy) is 3. The van der Waals surface area contributed by atoms with E-state index in [0.717, 1.165) is 5.56 Å². The van der Waals surface area contributed by atoms with Crippen molar-refractivity contribution >= 4 is 17.6 Å². The average molecular weight is 285 g/mol. The first-order valence-corrected chi connectivity index (χ1v) is 6.51. The van der Waals surface area contributed by atoms with Crippen LogP contribution in [0.2, 0.25) is 5.02 Å². The number of esters is 1. The van der Waals surface area contributed by atoms with E-state index in [2.05, 4.69) is 4.74 Å². The van der Waals surface area contributed by atoms with E-state index >= 15 is 0 Å². The highest BCUT2D eigenvalue weighted by Gasteiger charge is 2.38. The maximum absolute atomic E-state index is 11.2. The summed E-state index contributed by atoms with van der Waals surface area (Å²) in [7, 11) is 1.36. The molecule has 0 radical (unpaired) electrons. The highest BCUT2D eigenvalue weighted by Crippen LogP contribution is 2.29. The second-order valence-electron chi connectivity index (χ2n) is 4.77. The Hall–Kier alpha value is -1.10. The van der Waals surface area contributed by atoms with Gasteiger partial charge < -0.3 is 14.2 Å². The van der Waals surface area contributed by atoms with Crippen molar-refractivity contribution in [1.29, 1.82) is 0 Å². The molecule has 1 fully saturated rings. The van der Waals surface area contributed by atoms with Gasteiger partial charge in [0.05, 0.1) is 26.2 Å². The maximum Gasteiger partial charge on any atom is 0.308 e. The van der Waals surface area contributed by atoms with E-state index in [1.54, 1.807) is 0 Å². The summed E-state index contributed by atoms with van der Waals surface area (Å²) < 4.78 is 16.1. The Labute approximate surface area is 117 Å². The summed E-state index contributed by atoms with van der Waals surface area (Å²) in [6.45, 7) is 2.26. The zero-order chi connectivity index (χ0) is 13.9. The Balaban J connectivity index is 1.95. The fourth-order valence-corrected chi connectivity index (χ4v) is 2.38. The zero-order valence-electron chi connectivity index (χ0n) is 11.0. The molecular weight excluding hydrogens is 268 g/mol. The van der Waals surface area contributed by atoms with Crippen LogP contribution < -0.4 is 0 Å². The number of carbonyl (C=O) groups excluding carboxylic acids is 1. The third kappa shape index (κ3) is 3.93. The van der Waals surface area contributed by atoms with Crippen LogP contribution in [-0.2, 0) is 25.4 Å². The molecular formula is C14H17ClO4. The Kier molecular flexibility index (Phi) is 4.45. The van der Waals surface area contributed by atoms with Crippen LogP contribution in [0.25, 0.3) is 0 Å². The minimum absolute atomic E-state index is 0.210. The lowest BCUT2D eigenvalue weighted by molar-refractivity contribution is -0.159. The first-order chi connectivity index (χ1) is 9.00. The molecule has 1 saturated heterocycles. The van der Waals surface area contributed by atoms with E-state index in [1.807, 2.05) is 31.2 Å². The second kappa shape index (κ2) is 5.90.